The van der Waals surface area contributed by atoms with Crippen molar-refractivity contribution < 1.29 is 31.1 Å². The molecule has 0 saturated heterocycles. The van der Waals surface area contributed by atoms with Gasteiger partial charge in [-0.25, -0.2) is 8.42 Å². The van der Waals surface area contributed by atoms with Gasteiger partial charge in [-0.3, -0.25) is 4.79 Å². The van der Waals surface area contributed by atoms with E-state index in [-0.39, 0.29) is 23.2 Å². The molecule has 2 aromatic rings. The zero-order chi connectivity index (χ0) is 24.3. The van der Waals surface area contributed by atoms with Crippen molar-refractivity contribution in [1.82, 2.24) is 4.90 Å². The highest BCUT2D eigenvalue weighted by molar-refractivity contribution is 7.90. The number of sulfone groups is 1. The number of carbonyl (C=O) groups excluding carboxylic acids is 1. The average molecular weight is 490 g/mol. The van der Waals surface area contributed by atoms with Crippen LogP contribution in [0.4, 0.5) is 13.2 Å². The van der Waals surface area contributed by atoms with Gasteiger partial charge >= 0.3 is 12.1 Å². The molecule has 10 heteroatoms. The molecule has 1 aromatic heterocycles. The van der Waals surface area contributed by atoms with E-state index in [0.717, 1.165) is 19.3 Å². The standard InChI is InChI=1S/C22H26F3NO4S2/c1-14(2)30-21(27)13-26(4)18(11-15(3)22(23,24)25)20-10-9-19(31-20)16-7-6-8-17(12-16)32(5,28)29/h6-12,14-15H,13H2,1-5H3/b18-11-. The first-order valence-electron chi connectivity index (χ1n) is 9.78. The van der Waals surface area contributed by atoms with Gasteiger partial charge in [0.1, 0.15) is 6.54 Å². The number of likely N-dealkylation sites (N-methyl/N-ethyl adjacent to an activating group) is 1. The summed E-state index contributed by atoms with van der Waals surface area (Å²) in [6.45, 7) is 4.21. The van der Waals surface area contributed by atoms with Crippen LogP contribution in [0, 0.1) is 5.92 Å². The molecular weight excluding hydrogens is 463 g/mol. The monoisotopic (exact) mass is 489 g/mol. The normalized spacial score (nSPS) is 13.8. The zero-order valence-corrected chi connectivity index (χ0v) is 20.1. The minimum atomic E-state index is -4.44. The fraction of sp³-hybridized carbons (Fsp3) is 0.409. The van der Waals surface area contributed by atoms with Crippen LogP contribution < -0.4 is 0 Å². The molecule has 2 rings (SSSR count). The lowest BCUT2D eigenvalue weighted by atomic mass is 10.1. The van der Waals surface area contributed by atoms with Gasteiger partial charge in [0.25, 0.3) is 0 Å². The molecule has 0 fully saturated rings. The number of nitrogens with zero attached hydrogens (tertiary/aromatic N) is 1. The number of thiophene rings is 1. The van der Waals surface area contributed by atoms with E-state index in [2.05, 4.69) is 0 Å². The van der Waals surface area contributed by atoms with Gasteiger partial charge in [-0.15, -0.1) is 11.3 Å². The Morgan fingerprint density at radius 2 is 1.84 bits per heavy atom. The highest BCUT2D eigenvalue weighted by Gasteiger charge is 2.35. The first-order valence-corrected chi connectivity index (χ1v) is 12.5. The fourth-order valence-corrected chi connectivity index (χ4v) is 4.57. The van der Waals surface area contributed by atoms with Crippen LogP contribution in [0.1, 0.15) is 25.6 Å². The Labute approximate surface area is 190 Å². The molecule has 0 aliphatic carbocycles. The molecule has 0 aliphatic heterocycles. The van der Waals surface area contributed by atoms with Gasteiger partial charge in [-0.2, -0.15) is 13.2 Å². The summed E-state index contributed by atoms with van der Waals surface area (Å²) >= 11 is 1.21. The summed E-state index contributed by atoms with van der Waals surface area (Å²) < 4.78 is 68.5. The molecule has 176 valence electrons. The van der Waals surface area contributed by atoms with Crippen LogP contribution in [0.3, 0.4) is 0 Å². The van der Waals surface area contributed by atoms with Crippen LogP contribution in [-0.4, -0.2) is 51.4 Å². The largest absolute Gasteiger partial charge is 0.462 e. The van der Waals surface area contributed by atoms with Gasteiger partial charge in [-0.05, 0) is 49.8 Å². The number of hydrogen-bond acceptors (Lipinski definition) is 6. The minimum Gasteiger partial charge on any atom is -0.462 e. The summed E-state index contributed by atoms with van der Waals surface area (Å²) in [5.41, 5.74) is 0.875. The van der Waals surface area contributed by atoms with Gasteiger partial charge in [0.2, 0.25) is 0 Å². The van der Waals surface area contributed by atoms with Crippen molar-refractivity contribution in [2.45, 2.75) is 37.9 Å². The molecule has 1 heterocycles. The smallest absolute Gasteiger partial charge is 0.394 e. The number of alkyl halides is 3. The van der Waals surface area contributed by atoms with Crippen molar-refractivity contribution in [2.75, 3.05) is 19.8 Å². The lowest BCUT2D eigenvalue weighted by molar-refractivity contribution is -0.156. The maximum Gasteiger partial charge on any atom is 0.394 e. The zero-order valence-electron chi connectivity index (χ0n) is 18.4. The second-order valence-electron chi connectivity index (χ2n) is 7.74. The number of esters is 1. The van der Waals surface area contributed by atoms with Gasteiger partial charge in [0.15, 0.2) is 9.84 Å². The third-order valence-corrected chi connectivity index (χ3v) is 6.74. The maximum absolute atomic E-state index is 13.2. The number of benzene rings is 1. The van der Waals surface area contributed by atoms with Crippen molar-refractivity contribution in [1.29, 1.82) is 0 Å². The van der Waals surface area contributed by atoms with E-state index in [4.69, 9.17) is 4.74 Å². The van der Waals surface area contributed by atoms with Crippen molar-refractivity contribution in [3.8, 4) is 10.4 Å². The molecule has 1 aromatic carbocycles. The van der Waals surface area contributed by atoms with E-state index >= 15 is 0 Å². The van der Waals surface area contributed by atoms with Crippen LogP contribution >= 0.6 is 11.3 Å². The number of hydrogen-bond donors (Lipinski definition) is 0. The minimum absolute atomic E-state index is 0.153. The maximum atomic E-state index is 13.2. The Kier molecular flexibility index (Phi) is 8.17. The summed E-state index contributed by atoms with van der Waals surface area (Å²) in [5, 5.41) is 0. The van der Waals surface area contributed by atoms with E-state index in [1.165, 1.54) is 35.4 Å². The first-order chi connectivity index (χ1) is 14.7. The van der Waals surface area contributed by atoms with Crippen molar-refractivity contribution in [3.63, 3.8) is 0 Å². The Morgan fingerprint density at radius 3 is 2.41 bits per heavy atom. The lowest BCUT2D eigenvalue weighted by Gasteiger charge is -2.23. The summed E-state index contributed by atoms with van der Waals surface area (Å²) in [6, 6.07) is 9.73. The second-order valence-corrected chi connectivity index (χ2v) is 10.8. The van der Waals surface area contributed by atoms with Crippen molar-refractivity contribution in [2.24, 2.45) is 5.92 Å². The van der Waals surface area contributed by atoms with Gasteiger partial charge in [-0.1, -0.05) is 19.1 Å². The van der Waals surface area contributed by atoms with E-state index < -0.39 is 27.9 Å². The molecule has 0 N–H and O–H groups in total. The molecule has 0 saturated carbocycles. The number of carbonyl (C=O) groups is 1. The molecule has 1 unspecified atom stereocenters. The Morgan fingerprint density at radius 1 is 1.19 bits per heavy atom. The van der Waals surface area contributed by atoms with Crippen LogP contribution in [-0.2, 0) is 19.4 Å². The molecule has 0 radical (unpaired) electrons. The quantitative estimate of drug-likeness (QED) is 0.475. The Bertz CT molecular complexity index is 1090. The third kappa shape index (κ3) is 7.09. The molecule has 0 amide bonds. The molecule has 0 spiro atoms. The van der Waals surface area contributed by atoms with E-state index in [1.807, 2.05) is 0 Å². The highest BCUT2D eigenvalue weighted by atomic mass is 32.2. The Hall–Kier alpha value is -2.33. The molecule has 0 aliphatic rings. The summed E-state index contributed by atoms with van der Waals surface area (Å²) in [7, 11) is -1.88. The molecule has 32 heavy (non-hydrogen) atoms. The van der Waals surface area contributed by atoms with Crippen LogP contribution in [0.25, 0.3) is 16.1 Å². The number of ether oxygens (including phenoxy) is 1. The molecular formula is C22H26F3NO4S2. The average Bonchev–Trinajstić information content (AvgIpc) is 3.13. The lowest BCUT2D eigenvalue weighted by Crippen LogP contribution is -2.28. The topological polar surface area (TPSA) is 63.7 Å². The number of allylic oxidation sites excluding steroid dienone is 1. The van der Waals surface area contributed by atoms with Gasteiger partial charge in [0.05, 0.1) is 27.5 Å². The van der Waals surface area contributed by atoms with E-state index in [0.29, 0.717) is 15.3 Å². The summed E-state index contributed by atoms with van der Waals surface area (Å²) in [4.78, 5) is 14.9. The van der Waals surface area contributed by atoms with E-state index in [9.17, 15) is 26.4 Å². The predicted molar refractivity (Wildman–Crippen MR) is 120 cm³/mol. The second kappa shape index (κ2) is 10.1. The molecule has 0 bridgehead atoms. The first kappa shape index (κ1) is 25.9. The number of rotatable bonds is 8. The van der Waals surface area contributed by atoms with Gasteiger partial charge < -0.3 is 9.64 Å². The highest BCUT2D eigenvalue weighted by Crippen LogP contribution is 2.36. The predicted octanol–water partition coefficient (Wildman–Crippen LogP) is 5.24. The Balaban J connectivity index is 2.44. The van der Waals surface area contributed by atoms with Crippen LogP contribution in [0.5, 0.6) is 0 Å². The SMILES string of the molecule is CC(C)OC(=O)CN(C)/C(=C\C(C)C(F)(F)F)c1ccc(-c2cccc(S(C)(=O)=O)c2)s1. The van der Waals surface area contributed by atoms with Crippen LogP contribution in [0.15, 0.2) is 47.4 Å². The number of halogens is 3. The molecule has 5 nitrogen and oxygen atoms in total. The van der Waals surface area contributed by atoms with E-state index in [1.54, 1.807) is 38.1 Å². The van der Waals surface area contributed by atoms with Crippen molar-refractivity contribution in [3.05, 3.63) is 47.4 Å². The summed E-state index contributed by atoms with van der Waals surface area (Å²) in [5.74, 6) is -2.29. The van der Waals surface area contributed by atoms with Gasteiger partial charge in [0, 0.05) is 18.2 Å². The van der Waals surface area contributed by atoms with Crippen molar-refractivity contribution >= 4 is 32.8 Å². The third-order valence-electron chi connectivity index (χ3n) is 4.47. The van der Waals surface area contributed by atoms with Crippen LogP contribution in [0.2, 0.25) is 0 Å². The molecule has 1 atom stereocenters. The fourth-order valence-electron chi connectivity index (χ4n) is 2.82. The summed E-state index contributed by atoms with van der Waals surface area (Å²) in [6.07, 6.45) is -2.59.